The van der Waals surface area contributed by atoms with Crippen LogP contribution in [0.1, 0.15) is 21.4 Å². The molecule has 0 fully saturated rings. The lowest BCUT2D eigenvalue weighted by Crippen LogP contribution is -2.22. The third-order valence-electron chi connectivity index (χ3n) is 2.57. The Balaban J connectivity index is 1.60. The summed E-state index contributed by atoms with van der Waals surface area (Å²) in [5.74, 6) is -0.114. The Morgan fingerprint density at radius 1 is 1.52 bits per heavy atom. The number of nitrogens with zero attached hydrogens (tertiary/aromatic N) is 4. The lowest BCUT2D eigenvalue weighted by atomic mass is 10.4. The van der Waals surface area contributed by atoms with E-state index in [0.29, 0.717) is 17.4 Å². The second kappa shape index (κ2) is 6.06. The topological polar surface area (TPSA) is 85.8 Å². The van der Waals surface area contributed by atoms with Gasteiger partial charge in [0.05, 0.1) is 17.8 Å². The minimum absolute atomic E-state index is 0.0696. The van der Waals surface area contributed by atoms with Crippen LogP contribution in [0.2, 0.25) is 5.02 Å². The highest BCUT2D eigenvalue weighted by atomic mass is 35.5. The molecule has 3 aromatic heterocycles. The third-order valence-corrected chi connectivity index (χ3v) is 3.64. The molecule has 0 aliphatic rings. The first kappa shape index (κ1) is 13.8. The molecule has 1 N–H and O–H groups in total. The number of aromatic nitrogens is 4. The predicted molar refractivity (Wildman–Crippen MR) is 76.1 cm³/mol. The second-order valence-electron chi connectivity index (χ2n) is 4.13. The van der Waals surface area contributed by atoms with Gasteiger partial charge in [0, 0.05) is 11.1 Å². The Morgan fingerprint density at radius 3 is 3.14 bits per heavy atom. The van der Waals surface area contributed by atoms with Gasteiger partial charge < -0.3 is 9.84 Å². The van der Waals surface area contributed by atoms with Crippen molar-refractivity contribution >= 4 is 28.8 Å². The molecule has 21 heavy (non-hydrogen) atoms. The molecule has 0 aliphatic carbocycles. The molecule has 0 saturated heterocycles. The molecular weight excluding hydrogens is 314 g/mol. The fourth-order valence-corrected chi connectivity index (χ4v) is 2.44. The number of carbonyl (C=O) groups excluding carboxylic acids is 1. The van der Waals surface area contributed by atoms with E-state index in [1.165, 1.54) is 6.20 Å². The molecule has 0 bridgehead atoms. The number of halogens is 1. The molecule has 7 nitrogen and oxygen atoms in total. The number of carbonyl (C=O) groups is 1. The fraction of sp³-hybridized carbons (Fsp3) is 0.167. The first-order chi connectivity index (χ1) is 10.2. The molecule has 9 heteroatoms. The molecule has 0 radical (unpaired) electrons. The quantitative estimate of drug-likeness (QED) is 0.775. The highest BCUT2D eigenvalue weighted by Gasteiger charge is 2.15. The van der Waals surface area contributed by atoms with Crippen LogP contribution >= 0.6 is 22.9 Å². The summed E-state index contributed by atoms with van der Waals surface area (Å²) in [7, 11) is 0. The van der Waals surface area contributed by atoms with Crippen LogP contribution in [0, 0.1) is 0 Å². The van der Waals surface area contributed by atoms with E-state index in [4.69, 9.17) is 16.1 Å². The number of thiophene rings is 1. The van der Waals surface area contributed by atoms with Crippen LogP contribution in [-0.4, -0.2) is 25.8 Å². The Kier molecular flexibility index (Phi) is 3.98. The SMILES string of the molecule is O=C(NCc1cccs1)c1nc(Cn2cc(Cl)cn2)no1. The van der Waals surface area contributed by atoms with Gasteiger partial charge in [-0.15, -0.1) is 11.3 Å². The minimum atomic E-state index is -0.402. The van der Waals surface area contributed by atoms with Gasteiger partial charge in [-0.25, -0.2) is 0 Å². The lowest BCUT2D eigenvalue weighted by molar-refractivity contribution is 0.0907. The van der Waals surface area contributed by atoms with E-state index in [2.05, 4.69) is 20.6 Å². The zero-order valence-electron chi connectivity index (χ0n) is 10.7. The summed E-state index contributed by atoms with van der Waals surface area (Å²) >= 11 is 7.33. The summed E-state index contributed by atoms with van der Waals surface area (Å²) in [6.07, 6.45) is 3.14. The van der Waals surface area contributed by atoms with Crippen molar-refractivity contribution in [2.75, 3.05) is 0 Å². The van der Waals surface area contributed by atoms with E-state index in [0.717, 1.165) is 4.88 Å². The Hall–Kier alpha value is -2.19. The average molecular weight is 324 g/mol. The van der Waals surface area contributed by atoms with Crippen molar-refractivity contribution in [3.63, 3.8) is 0 Å². The average Bonchev–Trinajstić information content (AvgIpc) is 3.19. The summed E-state index contributed by atoms with van der Waals surface area (Å²) in [6, 6.07) is 3.86. The molecule has 3 aromatic rings. The van der Waals surface area contributed by atoms with Gasteiger partial charge in [-0.1, -0.05) is 22.8 Å². The second-order valence-corrected chi connectivity index (χ2v) is 5.60. The summed E-state index contributed by atoms with van der Waals surface area (Å²) in [6.45, 7) is 0.720. The minimum Gasteiger partial charge on any atom is -0.343 e. The molecule has 0 atom stereocenters. The number of nitrogens with one attached hydrogen (secondary N) is 1. The van der Waals surface area contributed by atoms with Crippen LogP contribution in [0.15, 0.2) is 34.4 Å². The van der Waals surface area contributed by atoms with Crippen molar-refractivity contribution in [3.8, 4) is 0 Å². The van der Waals surface area contributed by atoms with Crippen molar-refractivity contribution in [1.82, 2.24) is 25.2 Å². The Labute approximate surface area is 128 Å². The van der Waals surface area contributed by atoms with Gasteiger partial charge >= 0.3 is 11.8 Å². The van der Waals surface area contributed by atoms with Crippen LogP contribution in [0.25, 0.3) is 0 Å². The van der Waals surface area contributed by atoms with E-state index in [1.807, 2.05) is 17.5 Å². The largest absolute Gasteiger partial charge is 0.343 e. The van der Waals surface area contributed by atoms with Crippen molar-refractivity contribution in [2.24, 2.45) is 0 Å². The molecule has 1 amide bonds. The van der Waals surface area contributed by atoms with Gasteiger partial charge in [-0.3, -0.25) is 9.48 Å². The predicted octanol–water partition coefficient (Wildman–Crippen LogP) is 1.96. The van der Waals surface area contributed by atoms with E-state index >= 15 is 0 Å². The number of hydrogen-bond donors (Lipinski definition) is 1. The van der Waals surface area contributed by atoms with Crippen molar-refractivity contribution < 1.29 is 9.32 Å². The summed E-state index contributed by atoms with van der Waals surface area (Å²) in [4.78, 5) is 16.9. The summed E-state index contributed by atoms with van der Waals surface area (Å²) < 4.78 is 6.49. The zero-order valence-corrected chi connectivity index (χ0v) is 12.3. The van der Waals surface area contributed by atoms with Crippen molar-refractivity contribution in [1.29, 1.82) is 0 Å². The highest BCUT2D eigenvalue weighted by molar-refractivity contribution is 7.09. The van der Waals surface area contributed by atoms with Crippen molar-refractivity contribution in [3.05, 3.63) is 51.5 Å². The van der Waals surface area contributed by atoms with Crippen LogP contribution in [0.3, 0.4) is 0 Å². The fourth-order valence-electron chi connectivity index (χ4n) is 1.64. The van der Waals surface area contributed by atoms with Crippen LogP contribution in [0.5, 0.6) is 0 Å². The number of hydrogen-bond acceptors (Lipinski definition) is 6. The van der Waals surface area contributed by atoms with Gasteiger partial charge in [0.1, 0.15) is 6.54 Å². The van der Waals surface area contributed by atoms with E-state index in [-0.39, 0.29) is 12.4 Å². The maximum absolute atomic E-state index is 11.9. The molecule has 3 heterocycles. The standard InChI is InChI=1S/C12H10ClN5O2S/c13-8-4-15-18(6-8)7-10-16-12(20-17-10)11(19)14-5-9-2-1-3-21-9/h1-4,6H,5,7H2,(H,14,19). The van der Waals surface area contributed by atoms with Crippen LogP contribution < -0.4 is 5.32 Å². The van der Waals surface area contributed by atoms with Crippen LogP contribution in [0.4, 0.5) is 0 Å². The Morgan fingerprint density at radius 2 is 2.43 bits per heavy atom. The molecular formula is C12H10ClN5O2S. The van der Waals surface area contributed by atoms with Gasteiger partial charge in [-0.2, -0.15) is 10.1 Å². The zero-order chi connectivity index (χ0) is 14.7. The number of amides is 1. The van der Waals surface area contributed by atoms with E-state index < -0.39 is 5.91 Å². The summed E-state index contributed by atoms with van der Waals surface area (Å²) in [5.41, 5.74) is 0. The van der Waals surface area contributed by atoms with Gasteiger partial charge in [0.2, 0.25) is 0 Å². The Bertz CT molecular complexity index is 737. The highest BCUT2D eigenvalue weighted by Crippen LogP contribution is 2.09. The monoisotopic (exact) mass is 323 g/mol. The third kappa shape index (κ3) is 3.47. The first-order valence-electron chi connectivity index (χ1n) is 6.02. The summed E-state index contributed by atoms with van der Waals surface area (Å²) in [5, 5.41) is 12.9. The maximum atomic E-state index is 11.9. The van der Waals surface area contributed by atoms with Crippen molar-refractivity contribution in [2.45, 2.75) is 13.1 Å². The maximum Gasteiger partial charge on any atom is 0.316 e. The first-order valence-corrected chi connectivity index (χ1v) is 7.27. The molecule has 0 saturated carbocycles. The molecule has 3 rings (SSSR count). The number of rotatable bonds is 5. The van der Waals surface area contributed by atoms with Gasteiger partial charge in [0.25, 0.3) is 0 Å². The molecule has 0 aliphatic heterocycles. The lowest BCUT2D eigenvalue weighted by Gasteiger charge is -1.98. The van der Waals surface area contributed by atoms with Gasteiger partial charge in [-0.05, 0) is 11.4 Å². The normalized spacial score (nSPS) is 10.7. The van der Waals surface area contributed by atoms with Gasteiger partial charge in [0.15, 0.2) is 5.82 Å². The molecule has 0 unspecified atom stereocenters. The molecule has 0 spiro atoms. The van der Waals surface area contributed by atoms with Crippen LogP contribution in [-0.2, 0) is 13.1 Å². The van der Waals surface area contributed by atoms with E-state index in [1.54, 1.807) is 22.2 Å². The molecule has 108 valence electrons. The molecule has 0 aromatic carbocycles. The van der Waals surface area contributed by atoms with E-state index in [9.17, 15) is 4.79 Å². The smallest absolute Gasteiger partial charge is 0.316 e.